The van der Waals surface area contributed by atoms with Gasteiger partial charge in [-0.2, -0.15) is 0 Å². The highest BCUT2D eigenvalue weighted by Crippen LogP contribution is 2.26. The zero-order chi connectivity index (χ0) is 10.9. The molecule has 0 saturated carbocycles. The standard InChI is InChI=1S/C7H5ClO5S/c8-14(12,13)6-3-4(7(10)11)1-2-5(6)9/h1-3,9H,(H,10,11). The molecule has 2 N–H and O–H groups in total. The van der Waals surface area contributed by atoms with Gasteiger partial charge in [0.1, 0.15) is 10.6 Å². The molecule has 0 spiro atoms. The maximum Gasteiger partial charge on any atom is 0.335 e. The van der Waals surface area contributed by atoms with Crippen LogP contribution < -0.4 is 0 Å². The molecule has 0 aliphatic carbocycles. The van der Waals surface area contributed by atoms with Crippen molar-refractivity contribution in [2.75, 3.05) is 0 Å². The zero-order valence-electron chi connectivity index (χ0n) is 6.64. The molecule has 0 heterocycles. The van der Waals surface area contributed by atoms with Crippen molar-refractivity contribution in [3.63, 3.8) is 0 Å². The van der Waals surface area contributed by atoms with Crippen LogP contribution in [-0.2, 0) is 9.05 Å². The van der Waals surface area contributed by atoms with Gasteiger partial charge >= 0.3 is 5.97 Å². The molecule has 0 saturated heterocycles. The third kappa shape index (κ3) is 2.15. The smallest absolute Gasteiger partial charge is 0.335 e. The molecule has 1 rings (SSSR count). The van der Waals surface area contributed by atoms with Crippen molar-refractivity contribution >= 4 is 25.7 Å². The van der Waals surface area contributed by atoms with Gasteiger partial charge < -0.3 is 10.2 Å². The lowest BCUT2D eigenvalue weighted by Gasteiger charge is -2.01. The Balaban J connectivity index is 3.44. The van der Waals surface area contributed by atoms with E-state index in [0.29, 0.717) is 0 Å². The number of phenols is 1. The molecule has 5 nitrogen and oxygen atoms in total. The van der Waals surface area contributed by atoms with Crippen molar-refractivity contribution in [1.29, 1.82) is 0 Å². The van der Waals surface area contributed by atoms with E-state index in [1.807, 2.05) is 0 Å². The first-order valence-corrected chi connectivity index (χ1v) is 5.64. The van der Waals surface area contributed by atoms with Crippen LogP contribution in [0.15, 0.2) is 23.1 Å². The Morgan fingerprint density at radius 1 is 1.36 bits per heavy atom. The molecular formula is C7H5ClO5S. The van der Waals surface area contributed by atoms with E-state index in [4.69, 9.17) is 20.9 Å². The van der Waals surface area contributed by atoms with E-state index in [1.54, 1.807) is 0 Å². The number of aromatic carboxylic acids is 1. The highest BCUT2D eigenvalue weighted by atomic mass is 35.7. The topological polar surface area (TPSA) is 91.7 Å². The monoisotopic (exact) mass is 236 g/mol. The average Bonchev–Trinajstić information content (AvgIpc) is 2.02. The predicted molar refractivity (Wildman–Crippen MR) is 48.1 cm³/mol. The SMILES string of the molecule is O=C(O)c1ccc(O)c(S(=O)(=O)Cl)c1. The van der Waals surface area contributed by atoms with Crippen LogP contribution in [-0.4, -0.2) is 24.6 Å². The van der Waals surface area contributed by atoms with Gasteiger partial charge in [-0.05, 0) is 18.2 Å². The van der Waals surface area contributed by atoms with Crippen molar-refractivity contribution in [2.24, 2.45) is 0 Å². The predicted octanol–water partition coefficient (Wildman–Crippen LogP) is 1.02. The van der Waals surface area contributed by atoms with Crippen LogP contribution in [0.1, 0.15) is 10.4 Å². The number of rotatable bonds is 2. The second-order valence-corrected chi connectivity index (χ2v) is 4.96. The molecular weight excluding hydrogens is 232 g/mol. The van der Waals surface area contributed by atoms with E-state index >= 15 is 0 Å². The van der Waals surface area contributed by atoms with Crippen LogP contribution in [0.2, 0.25) is 0 Å². The summed E-state index contributed by atoms with van der Waals surface area (Å²) in [5.41, 5.74) is -0.262. The van der Waals surface area contributed by atoms with Crippen molar-refractivity contribution in [2.45, 2.75) is 4.90 Å². The van der Waals surface area contributed by atoms with Gasteiger partial charge in [-0.15, -0.1) is 0 Å². The lowest BCUT2D eigenvalue weighted by atomic mass is 10.2. The molecule has 76 valence electrons. The molecule has 0 unspecified atom stereocenters. The Bertz CT molecular complexity index is 479. The first-order valence-electron chi connectivity index (χ1n) is 3.33. The summed E-state index contributed by atoms with van der Waals surface area (Å²) >= 11 is 0. The normalized spacial score (nSPS) is 11.2. The number of halogens is 1. The number of hydrogen-bond donors (Lipinski definition) is 2. The number of benzene rings is 1. The van der Waals surface area contributed by atoms with Crippen molar-refractivity contribution in [1.82, 2.24) is 0 Å². The zero-order valence-corrected chi connectivity index (χ0v) is 8.21. The first-order chi connectivity index (χ1) is 6.32. The number of carboxylic acids is 1. The molecule has 0 aliphatic heterocycles. The summed E-state index contributed by atoms with van der Waals surface area (Å²) in [6, 6.07) is 2.82. The number of carbonyl (C=O) groups is 1. The quantitative estimate of drug-likeness (QED) is 0.748. The summed E-state index contributed by atoms with van der Waals surface area (Å²) < 4.78 is 21.7. The summed E-state index contributed by atoms with van der Waals surface area (Å²) in [5, 5.41) is 17.6. The molecule has 14 heavy (non-hydrogen) atoms. The van der Waals surface area contributed by atoms with E-state index in [0.717, 1.165) is 18.2 Å². The van der Waals surface area contributed by atoms with Gasteiger partial charge in [-0.1, -0.05) is 0 Å². The third-order valence-electron chi connectivity index (χ3n) is 1.47. The van der Waals surface area contributed by atoms with Crippen molar-refractivity contribution < 1.29 is 23.4 Å². The van der Waals surface area contributed by atoms with Gasteiger partial charge in [0.05, 0.1) is 5.56 Å². The minimum absolute atomic E-state index is 0.262. The van der Waals surface area contributed by atoms with E-state index < -0.39 is 25.7 Å². The van der Waals surface area contributed by atoms with Crippen LogP contribution >= 0.6 is 10.7 Å². The second-order valence-electron chi connectivity index (χ2n) is 2.43. The fraction of sp³-hybridized carbons (Fsp3) is 0. The van der Waals surface area contributed by atoms with Gasteiger partial charge in [-0.3, -0.25) is 0 Å². The lowest BCUT2D eigenvalue weighted by molar-refractivity contribution is 0.0696. The molecule has 0 radical (unpaired) electrons. The summed E-state index contributed by atoms with van der Waals surface area (Å²) in [6.45, 7) is 0. The molecule has 0 amide bonds. The minimum Gasteiger partial charge on any atom is -0.507 e. The fourth-order valence-corrected chi connectivity index (χ4v) is 1.80. The molecule has 1 aromatic carbocycles. The summed E-state index contributed by atoms with van der Waals surface area (Å²) in [5.74, 6) is -1.88. The van der Waals surface area contributed by atoms with Gasteiger partial charge in [0, 0.05) is 10.7 Å². The Hall–Kier alpha value is -1.27. The summed E-state index contributed by atoms with van der Waals surface area (Å²) in [6.07, 6.45) is 0. The highest BCUT2D eigenvalue weighted by Gasteiger charge is 2.17. The third-order valence-corrected chi connectivity index (χ3v) is 2.82. The van der Waals surface area contributed by atoms with Crippen LogP contribution in [0, 0.1) is 0 Å². The Kier molecular flexibility index (Phi) is 2.68. The Labute approximate surface area is 84.0 Å². The Morgan fingerprint density at radius 3 is 2.36 bits per heavy atom. The summed E-state index contributed by atoms with van der Waals surface area (Å²) in [7, 11) is 0.829. The molecule has 0 aromatic heterocycles. The van der Waals surface area contributed by atoms with Crippen molar-refractivity contribution in [3.8, 4) is 5.75 Å². The lowest BCUT2D eigenvalue weighted by Crippen LogP contribution is -1.99. The maximum atomic E-state index is 10.8. The van der Waals surface area contributed by atoms with Gasteiger partial charge in [-0.25, -0.2) is 13.2 Å². The second kappa shape index (κ2) is 3.47. The minimum atomic E-state index is -4.13. The van der Waals surface area contributed by atoms with Gasteiger partial charge in [0.2, 0.25) is 0 Å². The van der Waals surface area contributed by atoms with Crippen LogP contribution in [0.4, 0.5) is 0 Å². The number of phenolic OH excluding ortho intramolecular Hbond substituents is 1. The Morgan fingerprint density at radius 2 is 1.93 bits per heavy atom. The number of aromatic hydroxyl groups is 1. The molecule has 1 aromatic rings. The molecule has 0 aliphatic rings. The molecule has 0 fully saturated rings. The summed E-state index contributed by atoms with van der Waals surface area (Å²) in [4.78, 5) is 9.86. The average molecular weight is 237 g/mol. The van der Waals surface area contributed by atoms with Crippen LogP contribution in [0.3, 0.4) is 0 Å². The fourth-order valence-electron chi connectivity index (χ4n) is 0.842. The number of carboxylic acid groups (broad SMARTS) is 1. The largest absolute Gasteiger partial charge is 0.507 e. The van der Waals surface area contributed by atoms with E-state index in [1.165, 1.54) is 0 Å². The van der Waals surface area contributed by atoms with E-state index in [9.17, 15) is 13.2 Å². The van der Waals surface area contributed by atoms with Gasteiger partial charge in [0.25, 0.3) is 9.05 Å². The van der Waals surface area contributed by atoms with Crippen LogP contribution in [0.5, 0.6) is 5.75 Å². The molecule has 7 heteroatoms. The number of hydrogen-bond acceptors (Lipinski definition) is 4. The van der Waals surface area contributed by atoms with E-state index in [2.05, 4.69) is 0 Å². The molecule has 0 bridgehead atoms. The van der Waals surface area contributed by atoms with E-state index in [-0.39, 0.29) is 5.56 Å². The van der Waals surface area contributed by atoms with Gasteiger partial charge in [0.15, 0.2) is 0 Å². The van der Waals surface area contributed by atoms with Crippen molar-refractivity contribution in [3.05, 3.63) is 23.8 Å². The first kappa shape index (κ1) is 10.8. The highest BCUT2D eigenvalue weighted by molar-refractivity contribution is 8.13. The van der Waals surface area contributed by atoms with Crippen LogP contribution in [0.25, 0.3) is 0 Å². The molecule has 0 atom stereocenters. The maximum absolute atomic E-state index is 10.8.